The maximum Gasteiger partial charge on any atom is 0.341 e. The van der Waals surface area contributed by atoms with Gasteiger partial charge in [-0.2, -0.15) is 0 Å². The van der Waals surface area contributed by atoms with E-state index in [1.54, 1.807) is 4.90 Å². The molecule has 0 radical (unpaired) electrons. The molecule has 2 heterocycles. The standard InChI is InChI=1S/C22H25F3N4O3/c1-27-18(9-2-3-9)10-4-5-28(7-10)20-15(24)17(26)14-19(16(20)25)29(13-6-12(13)23)8-11(21(14)30)22(31)32/h8-10,12-13,18,27H,2-7,26H2,1H3,(H,31,32)/t10-,12+,13-,18+/m1/s1. The van der Waals surface area contributed by atoms with Crippen LogP contribution in [0.25, 0.3) is 10.9 Å². The van der Waals surface area contributed by atoms with Crippen molar-refractivity contribution in [1.29, 1.82) is 0 Å². The van der Waals surface area contributed by atoms with E-state index in [1.807, 2.05) is 7.05 Å². The maximum absolute atomic E-state index is 15.8. The number of benzene rings is 1. The first-order chi connectivity index (χ1) is 15.2. The number of hydrogen-bond acceptors (Lipinski definition) is 5. The van der Waals surface area contributed by atoms with Gasteiger partial charge < -0.3 is 25.6 Å². The lowest BCUT2D eigenvalue weighted by Crippen LogP contribution is -2.37. The van der Waals surface area contributed by atoms with Crippen molar-refractivity contribution in [2.45, 2.75) is 43.9 Å². The highest BCUT2D eigenvalue weighted by Gasteiger charge is 2.43. The highest BCUT2D eigenvalue weighted by atomic mass is 19.1. The number of pyridine rings is 1. The summed E-state index contributed by atoms with van der Waals surface area (Å²) in [7, 11) is 1.89. The summed E-state index contributed by atoms with van der Waals surface area (Å²) in [6.07, 6.45) is 2.72. The van der Waals surface area contributed by atoms with Crippen LogP contribution in [0.3, 0.4) is 0 Å². The van der Waals surface area contributed by atoms with Crippen LogP contribution in [0.4, 0.5) is 24.5 Å². The summed E-state index contributed by atoms with van der Waals surface area (Å²) in [5, 5.41) is 12.2. The van der Waals surface area contributed by atoms with Gasteiger partial charge in [0.2, 0.25) is 5.43 Å². The van der Waals surface area contributed by atoms with E-state index < -0.39 is 51.9 Å². The molecule has 1 saturated heterocycles. The van der Waals surface area contributed by atoms with Gasteiger partial charge in [-0.25, -0.2) is 18.0 Å². The second-order valence-electron chi connectivity index (χ2n) is 9.16. The fourth-order valence-electron chi connectivity index (χ4n) is 5.28. The molecule has 0 spiro atoms. The lowest BCUT2D eigenvalue weighted by atomic mass is 9.95. The molecule has 32 heavy (non-hydrogen) atoms. The van der Waals surface area contributed by atoms with Crippen LogP contribution in [-0.2, 0) is 0 Å². The normalized spacial score (nSPS) is 26.0. The number of nitrogen functional groups attached to an aromatic ring is 1. The smallest absolute Gasteiger partial charge is 0.341 e. The maximum atomic E-state index is 15.8. The Morgan fingerprint density at radius 3 is 2.50 bits per heavy atom. The number of rotatable bonds is 6. The summed E-state index contributed by atoms with van der Waals surface area (Å²) in [6.45, 7) is 0.842. The molecule has 2 aliphatic carbocycles. The highest BCUT2D eigenvalue weighted by Crippen LogP contribution is 2.45. The van der Waals surface area contributed by atoms with Crippen molar-refractivity contribution in [3.05, 3.63) is 33.6 Å². The average molecular weight is 450 g/mol. The van der Waals surface area contributed by atoms with E-state index in [-0.39, 0.29) is 29.6 Å². The quantitative estimate of drug-likeness (QED) is 0.585. The molecule has 5 rings (SSSR count). The zero-order chi connectivity index (χ0) is 22.9. The van der Waals surface area contributed by atoms with Gasteiger partial charge >= 0.3 is 5.97 Å². The van der Waals surface area contributed by atoms with Crippen LogP contribution in [0.1, 0.15) is 42.1 Å². The number of carboxylic acid groups (broad SMARTS) is 1. The molecule has 2 saturated carbocycles. The van der Waals surface area contributed by atoms with E-state index in [1.165, 1.54) is 0 Å². The van der Waals surface area contributed by atoms with Gasteiger partial charge in [0.15, 0.2) is 11.6 Å². The number of halogens is 3. The van der Waals surface area contributed by atoms with Crippen LogP contribution in [0.5, 0.6) is 0 Å². The fraction of sp³-hybridized carbons (Fsp3) is 0.545. The van der Waals surface area contributed by atoms with Crippen molar-refractivity contribution in [3.63, 3.8) is 0 Å². The molecule has 7 nitrogen and oxygen atoms in total. The molecule has 172 valence electrons. The number of nitrogens with zero attached hydrogens (tertiary/aromatic N) is 2. The lowest BCUT2D eigenvalue weighted by molar-refractivity contribution is 0.0694. The second-order valence-corrected chi connectivity index (χ2v) is 9.16. The van der Waals surface area contributed by atoms with Crippen LogP contribution in [-0.4, -0.2) is 48.0 Å². The number of alkyl halides is 1. The largest absolute Gasteiger partial charge is 0.477 e. The third kappa shape index (κ3) is 3.15. The fourth-order valence-corrected chi connectivity index (χ4v) is 5.28. The summed E-state index contributed by atoms with van der Waals surface area (Å²) in [5.41, 5.74) is 2.89. The van der Waals surface area contributed by atoms with Crippen LogP contribution < -0.4 is 21.4 Å². The lowest BCUT2D eigenvalue weighted by Gasteiger charge is -2.26. The minimum Gasteiger partial charge on any atom is -0.477 e. The monoisotopic (exact) mass is 450 g/mol. The van der Waals surface area contributed by atoms with Gasteiger partial charge in [-0.15, -0.1) is 0 Å². The van der Waals surface area contributed by atoms with Crippen molar-refractivity contribution in [2.75, 3.05) is 30.8 Å². The van der Waals surface area contributed by atoms with E-state index >= 15 is 8.78 Å². The van der Waals surface area contributed by atoms with E-state index in [9.17, 15) is 19.1 Å². The Morgan fingerprint density at radius 2 is 1.94 bits per heavy atom. The summed E-state index contributed by atoms with van der Waals surface area (Å²) in [5.74, 6) is -2.88. The first-order valence-corrected chi connectivity index (χ1v) is 10.9. The number of carbonyl (C=O) groups is 1. The molecule has 0 bridgehead atoms. The van der Waals surface area contributed by atoms with Crippen molar-refractivity contribution in [1.82, 2.24) is 9.88 Å². The molecule has 0 unspecified atom stereocenters. The molecule has 3 aliphatic rings. The molecule has 1 aliphatic heterocycles. The van der Waals surface area contributed by atoms with Gasteiger partial charge in [0.25, 0.3) is 0 Å². The third-order valence-corrected chi connectivity index (χ3v) is 7.15. The zero-order valence-corrected chi connectivity index (χ0v) is 17.6. The van der Waals surface area contributed by atoms with Gasteiger partial charge in [0.05, 0.1) is 22.6 Å². The molecule has 1 aromatic heterocycles. The predicted octanol–water partition coefficient (Wildman–Crippen LogP) is 2.67. The van der Waals surface area contributed by atoms with Crippen LogP contribution in [0.15, 0.2) is 11.0 Å². The Morgan fingerprint density at radius 1 is 1.25 bits per heavy atom. The molecule has 3 fully saturated rings. The van der Waals surface area contributed by atoms with Gasteiger partial charge in [-0.05, 0) is 38.1 Å². The molecule has 2 aromatic rings. The van der Waals surface area contributed by atoms with Crippen LogP contribution in [0, 0.1) is 23.5 Å². The van der Waals surface area contributed by atoms with Crippen molar-refractivity contribution in [3.8, 4) is 0 Å². The summed E-state index contributed by atoms with van der Waals surface area (Å²) >= 11 is 0. The summed E-state index contributed by atoms with van der Waals surface area (Å²) in [6, 6.07) is -0.558. The number of hydrogen-bond donors (Lipinski definition) is 3. The van der Waals surface area contributed by atoms with E-state index in [4.69, 9.17) is 5.73 Å². The molecule has 10 heteroatoms. The number of nitrogens with two attached hydrogens (primary N) is 1. The SMILES string of the molecule is CN[C@@H](C1CC1)[C@@H]1CCN(c2c(F)c(N)c3c(=O)c(C(=O)O)cn([C@@H]4C[C@@H]4F)c3c2F)C1. The zero-order valence-electron chi connectivity index (χ0n) is 17.6. The van der Waals surface area contributed by atoms with Crippen molar-refractivity contribution < 1.29 is 23.1 Å². The second kappa shape index (κ2) is 7.40. The van der Waals surface area contributed by atoms with Gasteiger partial charge in [0, 0.05) is 31.7 Å². The third-order valence-electron chi connectivity index (χ3n) is 7.15. The number of fused-ring (bicyclic) bond motifs is 1. The Bertz CT molecular complexity index is 1180. The number of aromatic carboxylic acids is 1. The van der Waals surface area contributed by atoms with E-state index in [0.717, 1.165) is 30.0 Å². The Hall–Kier alpha value is -2.75. The number of nitrogens with one attached hydrogen (secondary N) is 1. The van der Waals surface area contributed by atoms with Crippen LogP contribution in [0.2, 0.25) is 0 Å². The van der Waals surface area contributed by atoms with Crippen molar-refractivity contribution in [2.24, 2.45) is 11.8 Å². The summed E-state index contributed by atoms with van der Waals surface area (Å²) < 4.78 is 46.2. The number of anilines is 2. The van der Waals surface area contributed by atoms with Gasteiger partial charge in [0.1, 0.15) is 17.4 Å². The minimum atomic E-state index is -1.56. The first-order valence-electron chi connectivity index (χ1n) is 10.9. The topological polar surface area (TPSA) is 101 Å². The highest BCUT2D eigenvalue weighted by molar-refractivity contribution is 5.99. The van der Waals surface area contributed by atoms with E-state index in [0.29, 0.717) is 19.0 Å². The van der Waals surface area contributed by atoms with Gasteiger partial charge in [-0.1, -0.05) is 0 Å². The predicted molar refractivity (Wildman–Crippen MR) is 114 cm³/mol. The Labute approximate surface area is 182 Å². The van der Waals surface area contributed by atoms with Crippen LogP contribution >= 0.6 is 0 Å². The summed E-state index contributed by atoms with van der Waals surface area (Å²) in [4.78, 5) is 25.9. The van der Waals surface area contributed by atoms with Crippen molar-refractivity contribution >= 4 is 28.2 Å². The molecule has 4 atom stereocenters. The molecule has 4 N–H and O–H groups in total. The molecular weight excluding hydrogens is 425 g/mol. The average Bonchev–Trinajstić information content (AvgIpc) is 3.66. The molecule has 1 aromatic carbocycles. The molecule has 0 amide bonds. The number of carboxylic acids is 1. The number of aromatic nitrogens is 1. The Balaban J connectivity index is 1.66. The Kier molecular flexibility index (Phi) is 4.88. The van der Waals surface area contributed by atoms with E-state index in [2.05, 4.69) is 5.32 Å². The van der Waals surface area contributed by atoms with Gasteiger partial charge in [-0.3, -0.25) is 4.79 Å². The molecular formula is C22H25F3N4O3. The first kappa shape index (κ1) is 21.1. The minimum absolute atomic E-state index is 0.0557.